The second-order valence-electron chi connectivity index (χ2n) is 13.2. The molecule has 7 aromatic carbocycles. The van der Waals surface area contributed by atoms with Gasteiger partial charge < -0.3 is 9.32 Å². The summed E-state index contributed by atoms with van der Waals surface area (Å²) >= 11 is 1.86. The van der Waals surface area contributed by atoms with Gasteiger partial charge in [-0.3, -0.25) is 0 Å². The summed E-state index contributed by atoms with van der Waals surface area (Å²) in [5, 5.41) is 4.98. The molecule has 10 rings (SSSR count). The first-order chi connectivity index (χ1) is 25.3. The highest BCUT2D eigenvalue weighted by molar-refractivity contribution is 7.25. The fraction of sp³-hybridized carbons (Fsp3) is 0.0417. The molecule has 242 valence electrons. The third-order valence-electron chi connectivity index (χ3n) is 10.2. The summed E-state index contributed by atoms with van der Waals surface area (Å²) in [6.07, 6.45) is 4.07. The summed E-state index contributed by atoms with van der Waals surface area (Å²) < 4.78 is 9.10. The first kappa shape index (κ1) is 29.7. The number of anilines is 2. The van der Waals surface area contributed by atoms with Gasteiger partial charge in [0.25, 0.3) is 0 Å². The van der Waals surface area contributed by atoms with E-state index in [0.29, 0.717) is 0 Å². The fourth-order valence-electron chi connectivity index (χ4n) is 7.76. The van der Waals surface area contributed by atoms with Gasteiger partial charge in [-0.1, -0.05) is 121 Å². The maximum atomic E-state index is 6.45. The van der Waals surface area contributed by atoms with Gasteiger partial charge in [0.05, 0.1) is 0 Å². The molecule has 0 N–H and O–H groups in total. The Labute approximate surface area is 300 Å². The van der Waals surface area contributed by atoms with Crippen molar-refractivity contribution in [2.45, 2.75) is 12.8 Å². The van der Waals surface area contributed by atoms with Gasteiger partial charge in [0.15, 0.2) is 0 Å². The monoisotopic (exact) mass is 671 g/mol. The molecule has 0 unspecified atom stereocenters. The van der Waals surface area contributed by atoms with E-state index >= 15 is 0 Å². The number of thiophene rings is 1. The number of benzene rings is 7. The highest BCUT2D eigenvalue weighted by atomic mass is 32.1. The standard InChI is InChI=1S/C48H33NOS/c1-3-12-33(13-4-1)38-28-27-37(31-41(38)34-14-5-2-6-15-34)49(43-18-11-20-45-48(43)40-17-7-9-19-44(40)50-45)36-25-22-32(23-26-36)35-24-29-47-42(30-35)39-16-8-10-21-46(39)51-47/h1-10,12-17,19-31H,11,18H2. The molecule has 51 heavy (non-hydrogen) atoms. The van der Waals surface area contributed by atoms with Crippen molar-refractivity contribution in [3.8, 4) is 33.4 Å². The Balaban J connectivity index is 1.17. The molecule has 0 radical (unpaired) electrons. The van der Waals surface area contributed by atoms with Gasteiger partial charge in [-0.15, -0.1) is 11.3 Å². The SMILES string of the molecule is C1=c2oc3ccccc3c2=C(N(c2ccc(-c3ccc4sc5ccccc5c4c3)cc2)c2ccc(-c3ccccc3)c(-c3ccccc3)c2)CC1. The summed E-state index contributed by atoms with van der Waals surface area (Å²) in [5.74, 6) is 0. The lowest BCUT2D eigenvalue weighted by molar-refractivity contribution is 0.570. The van der Waals surface area contributed by atoms with Crippen LogP contribution in [0.2, 0.25) is 0 Å². The van der Waals surface area contributed by atoms with Gasteiger partial charge in [-0.05, 0) is 101 Å². The maximum absolute atomic E-state index is 6.45. The Hall–Kier alpha value is -6.16. The quantitative estimate of drug-likeness (QED) is 0.175. The predicted molar refractivity (Wildman–Crippen MR) is 217 cm³/mol. The third-order valence-corrected chi connectivity index (χ3v) is 11.3. The zero-order valence-corrected chi connectivity index (χ0v) is 28.7. The van der Waals surface area contributed by atoms with E-state index in [9.17, 15) is 0 Å². The van der Waals surface area contributed by atoms with E-state index in [1.165, 1.54) is 64.5 Å². The van der Waals surface area contributed by atoms with Gasteiger partial charge in [-0.2, -0.15) is 0 Å². The smallest absolute Gasteiger partial charge is 0.135 e. The number of hydrogen-bond acceptors (Lipinski definition) is 3. The largest absolute Gasteiger partial charge is 0.456 e. The van der Waals surface area contributed by atoms with Crippen molar-refractivity contribution < 1.29 is 4.42 Å². The molecule has 0 spiro atoms. The highest BCUT2D eigenvalue weighted by Crippen LogP contribution is 2.41. The minimum atomic E-state index is 0.904. The molecule has 0 saturated heterocycles. The Morgan fingerprint density at radius 1 is 0.471 bits per heavy atom. The van der Waals surface area contributed by atoms with E-state index in [2.05, 4.69) is 181 Å². The lowest BCUT2D eigenvalue weighted by Gasteiger charge is -2.30. The van der Waals surface area contributed by atoms with Gasteiger partial charge in [0, 0.05) is 47.8 Å². The van der Waals surface area contributed by atoms with Crippen molar-refractivity contribution in [3.63, 3.8) is 0 Å². The topological polar surface area (TPSA) is 16.4 Å². The second kappa shape index (κ2) is 12.3. The summed E-state index contributed by atoms with van der Waals surface area (Å²) in [4.78, 5) is 2.47. The zero-order chi connectivity index (χ0) is 33.7. The fourth-order valence-corrected chi connectivity index (χ4v) is 8.85. The van der Waals surface area contributed by atoms with Gasteiger partial charge in [-0.25, -0.2) is 0 Å². The Kier molecular flexibility index (Phi) is 7.18. The molecule has 9 aromatic rings. The average Bonchev–Trinajstić information content (AvgIpc) is 3.77. The molecule has 2 aromatic heterocycles. The first-order valence-electron chi connectivity index (χ1n) is 17.6. The molecule has 0 amide bonds. The number of furan rings is 1. The van der Waals surface area contributed by atoms with Crippen LogP contribution in [-0.4, -0.2) is 0 Å². The van der Waals surface area contributed by atoms with Crippen molar-refractivity contribution >= 4 is 65.6 Å². The minimum absolute atomic E-state index is 0.904. The maximum Gasteiger partial charge on any atom is 0.135 e. The molecule has 0 bridgehead atoms. The normalized spacial score (nSPS) is 12.7. The summed E-state index contributed by atoms with van der Waals surface area (Å²) in [5.41, 5.74) is 12.6. The number of rotatable bonds is 6. The van der Waals surface area contributed by atoms with Crippen LogP contribution in [-0.2, 0) is 0 Å². The first-order valence-corrected chi connectivity index (χ1v) is 18.4. The molecular weight excluding hydrogens is 639 g/mol. The number of para-hydroxylation sites is 1. The van der Waals surface area contributed by atoms with Crippen molar-refractivity contribution in [1.82, 2.24) is 0 Å². The van der Waals surface area contributed by atoms with Gasteiger partial charge >= 0.3 is 0 Å². The van der Waals surface area contributed by atoms with Crippen LogP contribution >= 0.6 is 11.3 Å². The Morgan fingerprint density at radius 2 is 1.12 bits per heavy atom. The average molecular weight is 672 g/mol. The molecule has 0 fully saturated rings. The molecule has 0 atom stereocenters. The summed E-state index contributed by atoms with van der Waals surface area (Å²) in [6, 6.07) is 61.5. The Morgan fingerprint density at radius 3 is 1.92 bits per heavy atom. The molecule has 2 nitrogen and oxygen atoms in total. The van der Waals surface area contributed by atoms with Crippen LogP contribution in [0, 0.1) is 0 Å². The van der Waals surface area contributed by atoms with E-state index in [1.807, 2.05) is 11.3 Å². The predicted octanol–water partition coefficient (Wildman–Crippen LogP) is 12.3. The molecule has 0 aliphatic heterocycles. The zero-order valence-electron chi connectivity index (χ0n) is 27.9. The lowest BCUT2D eigenvalue weighted by atomic mass is 9.93. The molecule has 3 heteroatoms. The molecule has 1 aliphatic carbocycles. The Bertz CT molecular complexity index is 2850. The van der Waals surface area contributed by atoms with E-state index in [4.69, 9.17) is 4.42 Å². The van der Waals surface area contributed by atoms with E-state index < -0.39 is 0 Å². The van der Waals surface area contributed by atoms with Crippen molar-refractivity contribution in [2.75, 3.05) is 4.90 Å². The minimum Gasteiger partial charge on any atom is -0.456 e. The molecular formula is C48H33NOS. The van der Waals surface area contributed by atoms with Gasteiger partial charge in [0.1, 0.15) is 11.0 Å². The van der Waals surface area contributed by atoms with Crippen molar-refractivity contribution in [3.05, 3.63) is 180 Å². The van der Waals surface area contributed by atoms with Crippen LogP contribution in [0.4, 0.5) is 11.4 Å². The van der Waals surface area contributed by atoms with Crippen LogP contribution in [0.3, 0.4) is 0 Å². The number of fused-ring (bicyclic) bond motifs is 6. The van der Waals surface area contributed by atoms with Crippen molar-refractivity contribution in [2.24, 2.45) is 0 Å². The van der Waals surface area contributed by atoms with Crippen molar-refractivity contribution in [1.29, 1.82) is 0 Å². The lowest BCUT2D eigenvalue weighted by Crippen LogP contribution is -2.33. The van der Waals surface area contributed by atoms with Crippen LogP contribution in [0.15, 0.2) is 174 Å². The van der Waals surface area contributed by atoms with Crippen LogP contribution in [0.25, 0.3) is 76.3 Å². The number of hydrogen-bond donors (Lipinski definition) is 0. The second-order valence-corrected chi connectivity index (χ2v) is 14.3. The number of nitrogens with zero attached hydrogens (tertiary/aromatic N) is 1. The van der Waals surface area contributed by atoms with Crippen LogP contribution < -0.4 is 15.5 Å². The highest BCUT2D eigenvalue weighted by Gasteiger charge is 2.22. The van der Waals surface area contributed by atoms with Crippen LogP contribution in [0.5, 0.6) is 0 Å². The van der Waals surface area contributed by atoms with E-state index in [-0.39, 0.29) is 0 Å². The molecule has 1 aliphatic rings. The third kappa shape index (κ3) is 5.17. The molecule has 2 heterocycles. The summed E-state index contributed by atoms with van der Waals surface area (Å²) in [7, 11) is 0. The van der Waals surface area contributed by atoms with Gasteiger partial charge in [0.2, 0.25) is 0 Å². The molecule has 0 saturated carbocycles. The van der Waals surface area contributed by atoms with E-state index in [1.54, 1.807) is 0 Å². The van der Waals surface area contributed by atoms with E-state index in [0.717, 1.165) is 40.6 Å². The summed E-state index contributed by atoms with van der Waals surface area (Å²) in [6.45, 7) is 0. The van der Waals surface area contributed by atoms with Crippen LogP contribution in [0.1, 0.15) is 12.8 Å².